The number of rotatable bonds is 4. The summed E-state index contributed by atoms with van der Waals surface area (Å²) in [4.78, 5) is 4.64. The Balaban J connectivity index is 2.76. The lowest BCUT2D eigenvalue weighted by Gasteiger charge is -2.15. The minimum atomic E-state index is 0.157. The Labute approximate surface area is 91.1 Å². The highest BCUT2D eigenvalue weighted by Gasteiger charge is 2.04. The minimum absolute atomic E-state index is 0.157. The summed E-state index contributed by atoms with van der Waals surface area (Å²) in [6, 6.07) is 6.40. The van der Waals surface area contributed by atoms with Crippen molar-refractivity contribution in [2.24, 2.45) is 5.16 Å². The minimum Gasteiger partial charge on any atom is -0.399 e. The zero-order valence-electron chi connectivity index (χ0n) is 9.74. The predicted octanol–water partition coefficient (Wildman–Crippen LogP) is 2.74. The van der Waals surface area contributed by atoms with Gasteiger partial charge in [0.15, 0.2) is 0 Å². The Hall–Kier alpha value is -1.51. The SMILES string of the molecule is CO/N=C/C(C)Nc1c(C)cccc1C. The molecule has 3 nitrogen and oxygen atoms in total. The van der Waals surface area contributed by atoms with Gasteiger partial charge >= 0.3 is 0 Å². The van der Waals surface area contributed by atoms with E-state index >= 15 is 0 Å². The lowest BCUT2D eigenvalue weighted by molar-refractivity contribution is 0.214. The van der Waals surface area contributed by atoms with Crippen LogP contribution in [0.15, 0.2) is 23.4 Å². The summed E-state index contributed by atoms with van der Waals surface area (Å²) in [6.45, 7) is 6.22. The predicted molar refractivity (Wildman–Crippen MR) is 64.5 cm³/mol. The van der Waals surface area contributed by atoms with E-state index in [2.05, 4.69) is 47.4 Å². The molecule has 82 valence electrons. The molecule has 0 saturated heterocycles. The molecule has 3 heteroatoms. The van der Waals surface area contributed by atoms with E-state index in [4.69, 9.17) is 0 Å². The molecular formula is C12H18N2O. The molecule has 0 saturated carbocycles. The van der Waals surface area contributed by atoms with Crippen LogP contribution in [0.2, 0.25) is 0 Å². The van der Waals surface area contributed by atoms with Crippen LogP contribution in [0.5, 0.6) is 0 Å². The fourth-order valence-corrected chi connectivity index (χ4v) is 1.46. The van der Waals surface area contributed by atoms with Gasteiger partial charge in [-0.3, -0.25) is 0 Å². The molecule has 0 aliphatic rings. The number of anilines is 1. The number of oxime groups is 1. The molecule has 1 unspecified atom stereocenters. The van der Waals surface area contributed by atoms with E-state index in [0.29, 0.717) is 0 Å². The van der Waals surface area contributed by atoms with Crippen LogP contribution in [0.25, 0.3) is 0 Å². The van der Waals surface area contributed by atoms with Crippen LogP contribution in [0.4, 0.5) is 5.69 Å². The van der Waals surface area contributed by atoms with Crippen LogP contribution in [0.3, 0.4) is 0 Å². The molecule has 1 aromatic rings. The van der Waals surface area contributed by atoms with Crippen LogP contribution < -0.4 is 5.32 Å². The first-order valence-corrected chi connectivity index (χ1v) is 5.04. The zero-order valence-corrected chi connectivity index (χ0v) is 9.74. The number of para-hydroxylation sites is 1. The fraction of sp³-hybridized carbons (Fsp3) is 0.417. The number of hydrogen-bond donors (Lipinski definition) is 1. The number of nitrogens with one attached hydrogen (secondary N) is 1. The average molecular weight is 206 g/mol. The fourth-order valence-electron chi connectivity index (χ4n) is 1.46. The van der Waals surface area contributed by atoms with E-state index < -0.39 is 0 Å². The van der Waals surface area contributed by atoms with Gasteiger partial charge in [-0.15, -0.1) is 0 Å². The summed E-state index contributed by atoms with van der Waals surface area (Å²) < 4.78 is 0. The second-order valence-electron chi connectivity index (χ2n) is 3.64. The first-order valence-electron chi connectivity index (χ1n) is 5.04. The molecular weight excluding hydrogens is 188 g/mol. The van der Waals surface area contributed by atoms with Gasteiger partial charge in [-0.2, -0.15) is 0 Å². The van der Waals surface area contributed by atoms with Crippen molar-refractivity contribution in [1.29, 1.82) is 0 Å². The summed E-state index contributed by atoms with van der Waals surface area (Å²) >= 11 is 0. The van der Waals surface area contributed by atoms with Gasteiger partial charge in [-0.1, -0.05) is 23.4 Å². The normalized spacial score (nSPS) is 12.8. The van der Waals surface area contributed by atoms with Crippen molar-refractivity contribution in [2.75, 3.05) is 12.4 Å². The summed E-state index contributed by atoms with van der Waals surface area (Å²) in [5.41, 5.74) is 3.66. The number of aryl methyl sites for hydroxylation is 2. The van der Waals surface area contributed by atoms with Gasteiger partial charge in [0.25, 0.3) is 0 Å². The van der Waals surface area contributed by atoms with E-state index in [-0.39, 0.29) is 6.04 Å². The maximum absolute atomic E-state index is 4.64. The Morgan fingerprint density at radius 2 is 1.93 bits per heavy atom. The smallest absolute Gasteiger partial charge is 0.106 e. The lowest BCUT2D eigenvalue weighted by Crippen LogP contribution is -2.18. The van der Waals surface area contributed by atoms with Crippen LogP contribution in [-0.4, -0.2) is 19.4 Å². The zero-order chi connectivity index (χ0) is 11.3. The Bertz CT molecular complexity index is 327. The second-order valence-corrected chi connectivity index (χ2v) is 3.64. The molecule has 0 aromatic heterocycles. The van der Waals surface area contributed by atoms with Gasteiger partial charge in [-0.25, -0.2) is 0 Å². The first kappa shape index (κ1) is 11.6. The van der Waals surface area contributed by atoms with Crippen LogP contribution >= 0.6 is 0 Å². The monoisotopic (exact) mass is 206 g/mol. The second kappa shape index (κ2) is 5.39. The molecule has 0 heterocycles. The molecule has 0 aliphatic carbocycles. The molecule has 0 fully saturated rings. The molecule has 0 radical (unpaired) electrons. The van der Waals surface area contributed by atoms with E-state index in [1.54, 1.807) is 13.3 Å². The van der Waals surface area contributed by atoms with Crippen molar-refractivity contribution < 1.29 is 4.84 Å². The quantitative estimate of drug-likeness (QED) is 0.607. The van der Waals surface area contributed by atoms with Crippen LogP contribution in [-0.2, 0) is 4.84 Å². The molecule has 1 atom stereocenters. The van der Waals surface area contributed by atoms with E-state index in [0.717, 1.165) is 0 Å². The largest absolute Gasteiger partial charge is 0.399 e. The van der Waals surface area contributed by atoms with Gasteiger partial charge in [-0.05, 0) is 31.9 Å². The van der Waals surface area contributed by atoms with Crippen LogP contribution in [0, 0.1) is 13.8 Å². The number of hydrogen-bond acceptors (Lipinski definition) is 3. The topological polar surface area (TPSA) is 33.6 Å². The Morgan fingerprint density at radius 3 is 2.47 bits per heavy atom. The number of benzene rings is 1. The average Bonchev–Trinajstić information content (AvgIpc) is 2.21. The van der Waals surface area contributed by atoms with Gasteiger partial charge < -0.3 is 10.2 Å². The summed E-state index contributed by atoms with van der Waals surface area (Å²) in [5.74, 6) is 0. The van der Waals surface area contributed by atoms with Crippen molar-refractivity contribution in [1.82, 2.24) is 0 Å². The third-order valence-corrected chi connectivity index (χ3v) is 2.24. The maximum Gasteiger partial charge on any atom is 0.106 e. The van der Waals surface area contributed by atoms with Crippen LogP contribution in [0.1, 0.15) is 18.1 Å². The molecule has 1 N–H and O–H groups in total. The van der Waals surface area contributed by atoms with Gasteiger partial charge in [0, 0.05) is 5.69 Å². The molecule has 0 amide bonds. The van der Waals surface area contributed by atoms with Crippen molar-refractivity contribution in [3.63, 3.8) is 0 Å². The molecule has 0 bridgehead atoms. The third kappa shape index (κ3) is 3.27. The van der Waals surface area contributed by atoms with Crippen molar-refractivity contribution in [2.45, 2.75) is 26.8 Å². The van der Waals surface area contributed by atoms with Gasteiger partial charge in [0.05, 0.1) is 12.3 Å². The van der Waals surface area contributed by atoms with Crippen molar-refractivity contribution in [3.05, 3.63) is 29.3 Å². The van der Waals surface area contributed by atoms with Gasteiger partial charge in [0.1, 0.15) is 7.11 Å². The molecule has 15 heavy (non-hydrogen) atoms. The van der Waals surface area contributed by atoms with Crippen molar-refractivity contribution >= 4 is 11.9 Å². The first-order chi connectivity index (χ1) is 7.15. The summed E-state index contributed by atoms with van der Waals surface area (Å²) in [7, 11) is 1.54. The van der Waals surface area contributed by atoms with Crippen molar-refractivity contribution in [3.8, 4) is 0 Å². The summed E-state index contributed by atoms with van der Waals surface area (Å²) in [5, 5.41) is 7.12. The lowest BCUT2D eigenvalue weighted by atomic mass is 10.1. The van der Waals surface area contributed by atoms with Gasteiger partial charge in [0.2, 0.25) is 0 Å². The highest BCUT2D eigenvalue weighted by molar-refractivity contribution is 5.70. The molecule has 1 rings (SSSR count). The summed E-state index contributed by atoms with van der Waals surface area (Å²) in [6.07, 6.45) is 1.74. The van der Waals surface area contributed by atoms with E-state index in [9.17, 15) is 0 Å². The molecule has 0 spiro atoms. The molecule has 0 aliphatic heterocycles. The maximum atomic E-state index is 4.64. The number of nitrogens with zero attached hydrogens (tertiary/aromatic N) is 1. The highest BCUT2D eigenvalue weighted by Crippen LogP contribution is 2.19. The Kier molecular flexibility index (Phi) is 4.16. The standard InChI is InChI=1S/C12H18N2O/c1-9-6-5-7-10(2)12(9)14-11(3)8-13-15-4/h5-8,11,14H,1-4H3/b13-8+. The highest BCUT2D eigenvalue weighted by atomic mass is 16.6. The molecule has 1 aromatic carbocycles. The van der Waals surface area contributed by atoms with E-state index in [1.165, 1.54) is 16.8 Å². The third-order valence-electron chi connectivity index (χ3n) is 2.24. The van der Waals surface area contributed by atoms with E-state index in [1.807, 2.05) is 6.92 Å². The Morgan fingerprint density at radius 1 is 1.33 bits per heavy atom.